The highest BCUT2D eigenvalue weighted by Crippen LogP contribution is 2.32. The molecule has 0 saturated heterocycles. The molecule has 0 fully saturated rings. The number of pyridine rings is 1. The second-order valence-corrected chi connectivity index (χ2v) is 7.65. The molecule has 0 aliphatic carbocycles. The molecule has 0 radical (unpaired) electrons. The second kappa shape index (κ2) is 6.74. The first-order valence-corrected chi connectivity index (χ1v) is 9.48. The Morgan fingerprint density at radius 2 is 1.78 bits per heavy atom. The van der Waals surface area contributed by atoms with E-state index in [1.54, 1.807) is 0 Å². The Bertz CT molecular complexity index is 1180. The van der Waals surface area contributed by atoms with Crippen LogP contribution >= 0.6 is 12.2 Å². The van der Waals surface area contributed by atoms with E-state index in [1.807, 2.05) is 11.6 Å². The zero-order chi connectivity index (χ0) is 19.1. The summed E-state index contributed by atoms with van der Waals surface area (Å²) in [6, 6.07) is 17.1. The molecule has 0 bridgehead atoms. The molecule has 0 amide bonds. The maximum Gasteiger partial charge on any atom is 0.195 e. The van der Waals surface area contributed by atoms with Gasteiger partial charge in [-0.1, -0.05) is 49.7 Å². The SMILES string of the molecule is Cc1ccc2nc(-c3ccc(C(C)C)cc3)cc(-c3n[nH]c(=S)n3C)c2c1. The van der Waals surface area contributed by atoms with Crippen molar-refractivity contribution >= 4 is 23.1 Å². The summed E-state index contributed by atoms with van der Waals surface area (Å²) >= 11 is 5.32. The fourth-order valence-corrected chi connectivity index (χ4v) is 3.43. The third-order valence-electron chi connectivity index (χ3n) is 4.96. The van der Waals surface area contributed by atoms with Gasteiger partial charge in [-0.25, -0.2) is 4.98 Å². The second-order valence-electron chi connectivity index (χ2n) is 7.26. The number of fused-ring (bicyclic) bond motifs is 1. The number of benzene rings is 2. The van der Waals surface area contributed by atoms with Gasteiger partial charge < -0.3 is 4.57 Å². The number of hydrogen-bond donors (Lipinski definition) is 1. The van der Waals surface area contributed by atoms with Crippen LogP contribution in [0.25, 0.3) is 33.5 Å². The fraction of sp³-hybridized carbons (Fsp3) is 0.227. The minimum Gasteiger partial charge on any atom is -0.303 e. The predicted octanol–water partition coefficient (Wildman–Crippen LogP) is 5.79. The lowest BCUT2D eigenvalue weighted by Crippen LogP contribution is -1.97. The van der Waals surface area contributed by atoms with Crippen molar-refractivity contribution in [2.75, 3.05) is 0 Å². The molecule has 0 unspecified atom stereocenters. The van der Waals surface area contributed by atoms with E-state index in [0.717, 1.165) is 33.5 Å². The number of nitrogens with one attached hydrogen (secondary N) is 1. The molecule has 2 aromatic carbocycles. The Hall–Kier alpha value is -2.79. The third-order valence-corrected chi connectivity index (χ3v) is 5.32. The molecule has 0 aliphatic heterocycles. The van der Waals surface area contributed by atoms with Crippen LogP contribution in [0.1, 0.15) is 30.9 Å². The normalized spacial score (nSPS) is 11.4. The first-order chi connectivity index (χ1) is 12.9. The van der Waals surface area contributed by atoms with Crippen molar-refractivity contribution in [1.82, 2.24) is 19.7 Å². The van der Waals surface area contributed by atoms with E-state index < -0.39 is 0 Å². The van der Waals surface area contributed by atoms with Gasteiger partial charge in [-0.05, 0) is 48.8 Å². The molecule has 1 N–H and O–H groups in total. The Balaban J connectivity index is 1.96. The topological polar surface area (TPSA) is 46.5 Å². The average Bonchev–Trinajstić information content (AvgIpc) is 3.00. The van der Waals surface area contributed by atoms with E-state index in [9.17, 15) is 0 Å². The maximum absolute atomic E-state index is 5.32. The molecule has 5 heteroatoms. The van der Waals surface area contributed by atoms with E-state index in [0.29, 0.717) is 10.7 Å². The van der Waals surface area contributed by atoms with Gasteiger partial charge in [0, 0.05) is 23.6 Å². The molecule has 0 atom stereocenters. The van der Waals surface area contributed by atoms with Crippen LogP contribution in [0.4, 0.5) is 0 Å². The molecule has 4 aromatic rings. The number of nitrogens with zero attached hydrogens (tertiary/aromatic N) is 3. The van der Waals surface area contributed by atoms with Gasteiger partial charge in [-0.15, -0.1) is 0 Å². The summed E-state index contributed by atoms with van der Waals surface area (Å²) in [4.78, 5) is 4.91. The predicted molar refractivity (Wildman–Crippen MR) is 113 cm³/mol. The molecular weight excluding hydrogens is 352 g/mol. The molecule has 2 heterocycles. The molecule has 27 heavy (non-hydrogen) atoms. The Labute approximate surface area is 163 Å². The van der Waals surface area contributed by atoms with Gasteiger partial charge in [-0.3, -0.25) is 5.10 Å². The lowest BCUT2D eigenvalue weighted by molar-refractivity contribution is 0.867. The van der Waals surface area contributed by atoms with Crippen molar-refractivity contribution in [1.29, 1.82) is 0 Å². The van der Waals surface area contributed by atoms with Crippen molar-refractivity contribution in [2.45, 2.75) is 26.7 Å². The van der Waals surface area contributed by atoms with E-state index in [4.69, 9.17) is 17.2 Å². The van der Waals surface area contributed by atoms with Crippen molar-refractivity contribution < 1.29 is 0 Å². The van der Waals surface area contributed by atoms with Crippen LogP contribution in [-0.4, -0.2) is 19.7 Å². The summed E-state index contributed by atoms with van der Waals surface area (Å²) in [7, 11) is 1.93. The Morgan fingerprint density at radius 3 is 2.41 bits per heavy atom. The largest absolute Gasteiger partial charge is 0.303 e. The highest BCUT2D eigenvalue weighted by atomic mass is 32.1. The molecule has 0 spiro atoms. The van der Waals surface area contributed by atoms with Crippen LogP contribution in [0, 0.1) is 11.7 Å². The smallest absolute Gasteiger partial charge is 0.195 e. The van der Waals surface area contributed by atoms with E-state index in [-0.39, 0.29) is 0 Å². The van der Waals surface area contributed by atoms with Crippen LogP contribution < -0.4 is 0 Å². The lowest BCUT2D eigenvalue weighted by Gasteiger charge is -2.11. The summed E-state index contributed by atoms with van der Waals surface area (Å²) in [5.41, 5.74) is 6.53. The minimum absolute atomic E-state index is 0.510. The maximum atomic E-state index is 5.32. The van der Waals surface area contributed by atoms with Crippen molar-refractivity contribution in [3.63, 3.8) is 0 Å². The summed E-state index contributed by atoms with van der Waals surface area (Å²) < 4.78 is 2.50. The number of aromatic amines is 1. The monoisotopic (exact) mass is 374 g/mol. The third kappa shape index (κ3) is 3.19. The van der Waals surface area contributed by atoms with Crippen molar-refractivity contribution in [2.24, 2.45) is 7.05 Å². The van der Waals surface area contributed by atoms with Gasteiger partial charge in [0.15, 0.2) is 10.6 Å². The van der Waals surface area contributed by atoms with Crippen molar-refractivity contribution in [3.8, 4) is 22.6 Å². The highest BCUT2D eigenvalue weighted by Gasteiger charge is 2.14. The van der Waals surface area contributed by atoms with Gasteiger partial charge in [0.25, 0.3) is 0 Å². The molecule has 0 aliphatic rings. The first-order valence-electron chi connectivity index (χ1n) is 9.07. The van der Waals surface area contributed by atoms with E-state index >= 15 is 0 Å². The number of hydrogen-bond acceptors (Lipinski definition) is 3. The van der Waals surface area contributed by atoms with Crippen LogP contribution in [-0.2, 0) is 7.05 Å². The zero-order valence-electron chi connectivity index (χ0n) is 15.9. The quantitative estimate of drug-likeness (QED) is 0.462. The number of H-pyrrole nitrogens is 1. The zero-order valence-corrected chi connectivity index (χ0v) is 16.8. The highest BCUT2D eigenvalue weighted by molar-refractivity contribution is 7.71. The van der Waals surface area contributed by atoms with Gasteiger partial charge in [0.1, 0.15) is 0 Å². The lowest BCUT2D eigenvalue weighted by atomic mass is 9.98. The molecule has 4 nitrogen and oxygen atoms in total. The van der Waals surface area contributed by atoms with Crippen molar-refractivity contribution in [3.05, 3.63) is 64.4 Å². The average molecular weight is 375 g/mol. The van der Waals surface area contributed by atoms with E-state index in [1.165, 1.54) is 11.1 Å². The molecular formula is C22H22N4S. The van der Waals surface area contributed by atoms with Gasteiger partial charge in [-0.2, -0.15) is 5.10 Å². The van der Waals surface area contributed by atoms with Gasteiger partial charge in [0.05, 0.1) is 11.2 Å². The minimum atomic E-state index is 0.510. The van der Waals surface area contributed by atoms with Crippen LogP contribution in [0.3, 0.4) is 0 Å². The standard InChI is InChI=1S/C22H22N4S/c1-13(2)15-6-8-16(9-7-15)20-12-18(21-24-25-22(27)26(21)4)17-11-14(3)5-10-19(17)23-20/h5-13H,1-4H3,(H,25,27). The van der Waals surface area contributed by atoms with E-state index in [2.05, 4.69) is 79.5 Å². The van der Waals surface area contributed by atoms with Crippen LogP contribution in [0.15, 0.2) is 48.5 Å². The number of rotatable bonds is 3. The number of aromatic nitrogens is 4. The molecule has 4 rings (SSSR count). The first kappa shape index (κ1) is 17.6. The summed E-state index contributed by atoms with van der Waals surface area (Å²) in [6.07, 6.45) is 0. The molecule has 0 saturated carbocycles. The summed E-state index contributed by atoms with van der Waals surface area (Å²) in [6.45, 7) is 6.49. The fourth-order valence-electron chi connectivity index (χ4n) is 3.30. The summed E-state index contributed by atoms with van der Waals surface area (Å²) in [5, 5.41) is 8.42. The number of aryl methyl sites for hydroxylation is 1. The Kier molecular flexibility index (Phi) is 4.40. The Morgan fingerprint density at radius 1 is 1.04 bits per heavy atom. The van der Waals surface area contributed by atoms with Crippen LogP contribution in [0.5, 0.6) is 0 Å². The summed E-state index contributed by atoms with van der Waals surface area (Å²) in [5.74, 6) is 1.33. The van der Waals surface area contributed by atoms with Gasteiger partial charge in [0.2, 0.25) is 0 Å². The molecule has 136 valence electrons. The van der Waals surface area contributed by atoms with Crippen LogP contribution in [0.2, 0.25) is 0 Å². The van der Waals surface area contributed by atoms with Gasteiger partial charge >= 0.3 is 0 Å². The molecule has 2 aromatic heterocycles.